The first kappa shape index (κ1) is 16.2. The summed E-state index contributed by atoms with van der Waals surface area (Å²) in [6.07, 6.45) is 0.196. The number of nitriles is 1. The summed E-state index contributed by atoms with van der Waals surface area (Å²) in [4.78, 5) is 0. The Bertz CT molecular complexity index is 414. The molecule has 0 aromatic carbocycles. The zero-order valence-corrected chi connectivity index (χ0v) is 13.0. The lowest BCUT2D eigenvalue weighted by molar-refractivity contribution is 0.131. The lowest BCUT2D eigenvalue weighted by atomic mass is 10.0. The summed E-state index contributed by atoms with van der Waals surface area (Å²) in [6.45, 7) is 9.14. The van der Waals surface area contributed by atoms with Crippen molar-refractivity contribution in [2.45, 2.75) is 59.0 Å². The van der Waals surface area contributed by atoms with Crippen LogP contribution in [0.1, 0.15) is 41.0 Å². The fourth-order valence-electron chi connectivity index (χ4n) is 2.02. The van der Waals surface area contributed by atoms with Gasteiger partial charge in [-0.25, -0.2) is 0 Å². The monoisotopic (exact) mass is 287 g/mol. The molecule has 6 nitrogen and oxygen atoms in total. The van der Waals surface area contributed by atoms with E-state index in [1.807, 2.05) is 13.0 Å². The first-order valence-corrected chi connectivity index (χ1v) is 8.15. The van der Waals surface area contributed by atoms with Crippen LogP contribution in [-0.2, 0) is 13.6 Å². The molecule has 19 heavy (non-hydrogen) atoms. The van der Waals surface area contributed by atoms with E-state index in [4.69, 9.17) is 14.3 Å². The molecule has 0 amide bonds. The molecule has 0 aromatic rings. The first-order chi connectivity index (χ1) is 8.84. The lowest BCUT2D eigenvalue weighted by Crippen LogP contribution is -2.32. The molecule has 0 bridgehead atoms. The standard InChI is InChI=1S/C12H22N3O3P/c1-6-10-11(7-13)14-15-12(10)19(16,17-8(2)3)18-9(4)5/h8-10,12,15H,6H2,1-5H3/t10-,12+/m1/s1. The highest BCUT2D eigenvalue weighted by molar-refractivity contribution is 7.54. The summed E-state index contributed by atoms with van der Waals surface area (Å²) >= 11 is 0. The van der Waals surface area contributed by atoms with Crippen LogP contribution in [0.5, 0.6) is 0 Å². The van der Waals surface area contributed by atoms with Crippen molar-refractivity contribution in [1.82, 2.24) is 5.43 Å². The third kappa shape index (κ3) is 3.79. The Balaban J connectivity index is 3.00. The van der Waals surface area contributed by atoms with Gasteiger partial charge in [0.05, 0.1) is 12.2 Å². The van der Waals surface area contributed by atoms with Crippen molar-refractivity contribution in [1.29, 1.82) is 5.26 Å². The minimum absolute atomic E-state index is 0.227. The van der Waals surface area contributed by atoms with E-state index in [0.29, 0.717) is 12.1 Å². The normalized spacial score (nSPS) is 23.4. The van der Waals surface area contributed by atoms with Gasteiger partial charge in [-0.3, -0.25) is 9.99 Å². The molecule has 2 atom stereocenters. The number of nitrogens with one attached hydrogen (secondary N) is 1. The van der Waals surface area contributed by atoms with E-state index in [1.54, 1.807) is 27.7 Å². The van der Waals surface area contributed by atoms with Gasteiger partial charge in [0, 0.05) is 5.92 Å². The van der Waals surface area contributed by atoms with Crippen molar-refractivity contribution in [3.8, 4) is 6.07 Å². The van der Waals surface area contributed by atoms with Gasteiger partial charge in [0.25, 0.3) is 0 Å². The van der Waals surface area contributed by atoms with Crippen LogP contribution in [0.3, 0.4) is 0 Å². The van der Waals surface area contributed by atoms with Crippen molar-refractivity contribution >= 4 is 13.3 Å². The molecule has 0 saturated heterocycles. The highest BCUT2D eigenvalue weighted by Gasteiger charge is 2.47. The molecule has 108 valence electrons. The first-order valence-electron chi connectivity index (χ1n) is 6.53. The fourth-order valence-corrected chi connectivity index (χ4v) is 4.50. The average molecular weight is 287 g/mol. The molecule has 7 heteroatoms. The molecule has 1 rings (SSSR count). The second-order valence-electron chi connectivity index (χ2n) is 5.05. The summed E-state index contributed by atoms with van der Waals surface area (Å²) in [5, 5.41) is 13.0. The molecule has 1 N–H and O–H groups in total. The van der Waals surface area contributed by atoms with Gasteiger partial charge < -0.3 is 9.05 Å². The summed E-state index contributed by atoms with van der Waals surface area (Å²) in [5.74, 6) is -0.828. The Morgan fingerprint density at radius 1 is 1.37 bits per heavy atom. The van der Waals surface area contributed by atoms with Crippen LogP contribution in [0.15, 0.2) is 5.10 Å². The van der Waals surface area contributed by atoms with Gasteiger partial charge >= 0.3 is 7.60 Å². The molecule has 0 saturated carbocycles. The Labute approximate surface area is 114 Å². The Hall–Kier alpha value is -0.890. The molecule has 0 spiro atoms. The van der Waals surface area contributed by atoms with E-state index in [1.165, 1.54) is 0 Å². The molecular weight excluding hydrogens is 265 g/mol. The third-order valence-corrected chi connectivity index (χ3v) is 5.25. The van der Waals surface area contributed by atoms with E-state index in [2.05, 4.69) is 10.5 Å². The van der Waals surface area contributed by atoms with Crippen molar-refractivity contribution < 1.29 is 13.6 Å². The van der Waals surface area contributed by atoms with Crippen LogP contribution < -0.4 is 5.43 Å². The lowest BCUT2D eigenvalue weighted by Gasteiger charge is -2.29. The number of hydrazone groups is 1. The largest absolute Gasteiger partial charge is 0.355 e. The van der Waals surface area contributed by atoms with Crippen LogP contribution >= 0.6 is 7.60 Å². The van der Waals surface area contributed by atoms with E-state index >= 15 is 0 Å². The third-order valence-electron chi connectivity index (χ3n) is 2.66. The molecule has 0 radical (unpaired) electrons. The van der Waals surface area contributed by atoms with Crippen molar-refractivity contribution in [2.75, 3.05) is 0 Å². The van der Waals surface area contributed by atoms with Crippen molar-refractivity contribution in [3.63, 3.8) is 0 Å². The van der Waals surface area contributed by atoms with E-state index in [-0.39, 0.29) is 18.1 Å². The SMILES string of the molecule is CC[C@@H]1C(C#N)=NN[C@H]1P(=O)(OC(C)C)OC(C)C. The van der Waals surface area contributed by atoms with Crippen molar-refractivity contribution in [2.24, 2.45) is 11.0 Å². The summed E-state index contributed by atoms with van der Waals surface area (Å²) in [7, 11) is -3.38. The second-order valence-corrected chi connectivity index (χ2v) is 7.10. The number of rotatable bonds is 6. The van der Waals surface area contributed by atoms with Gasteiger partial charge in [0.1, 0.15) is 11.8 Å². The quantitative estimate of drug-likeness (QED) is 0.759. The summed E-state index contributed by atoms with van der Waals surface area (Å²) in [5.41, 5.74) is 3.12. The Kier molecular flexibility index (Phi) is 5.54. The van der Waals surface area contributed by atoms with Crippen LogP contribution in [0.25, 0.3) is 0 Å². The maximum Gasteiger partial charge on any atom is 0.355 e. The Morgan fingerprint density at radius 2 is 1.89 bits per heavy atom. The topological polar surface area (TPSA) is 83.7 Å². The fraction of sp³-hybridized carbons (Fsp3) is 0.833. The van der Waals surface area contributed by atoms with E-state index in [9.17, 15) is 4.57 Å². The number of hydrogen-bond donors (Lipinski definition) is 1. The van der Waals surface area contributed by atoms with Gasteiger partial charge in [0.15, 0.2) is 5.78 Å². The zero-order chi connectivity index (χ0) is 14.6. The van der Waals surface area contributed by atoms with Gasteiger partial charge in [-0.15, -0.1) is 0 Å². The second kappa shape index (κ2) is 6.51. The van der Waals surface area contributed by atoms with Crippen LogP contribution in [0, 0.1) is 17.2 Å². The average Bonchev–Trinajstić information content (AvgIpc) is 2.69. The summed E-state index contributed by atoms with van der Waals surface area (Å²) in [6, 6.07) is 2.03. The number of hydrogen-bond acceptors (Lipinski definition) is 6. The highest BCUT2D eigenvalue weighted by atomic mass is 31.2. The predicted octanol–water partition coefficient (Wildman–Crippen LogP) is 2.86. The molecule has 0 aromatic heterocycles. The van der Waals surface area contributed by atoms with E-state index < -0.39 is 13.4 Å². The maximum atomic E-state index is 13.0. The van der Waals surface area contributed by atoms with Gasteiger partial charge in [0.2, 0.25) is 0 Å². The molecule has 0 aliphatic carbocycles. The van der Waals surface area contributed by atoms with Gasteiger partial charge in [-0.1, -0.05) is 6.92 Å². The molecular formula is C12H22N3O3P. The smallest absolute Gasteiger partial charge is 0.304 e. The highest BCUT2D eigenvalue weighted by Crippen LogP contribution is 2.57. The summed E-state index contributed by atoms with van der Waals surface area (Å²) < 4.78 is 24.1. The van der Waals surface area contributed by atoms with Crippen LogP contribution in [0.4, 0.5) is 0 Å². The molecule has 1 aliphatic rings. The number of nitrogens with zero attached hydrogens (tertiary/aromatic N) is 2. The molecule has 1 aliphatic heterocycles. The predicted molar refractivity (Wildman–Crippen MR) is 73.8 cm³/mol. The van der Waals surface area contributed by atoms with Gasteiger partial charge in [-0.05, 0) is 34.1 Å². The molecule has 0 fully saturated rings. The minimum atomic E-state index is -3.38. The minimum Gasteiger partial charge on any atom is -0.304 e. The van der Waals surface area contributed by atoms with Gasteiger partial charge in [-0.2, -0.15) is 10.4 Å². The van der Waals surface area contributed by atoms with E-state index in [0.717, 1.165) is 0 Å². The zero-order valence-electron chi connectivity index (χ0n) is 12.1. The molecule has 0 unspecified atom stereocenters. The van der Waals surface area contributed by atoms with Crippen molar-refractivity contribution in [3.05, 3.63) is 0 Å². The van der Waals surface area contributed by atoms with Crippen LogP contribution in [0.2, 0.25) is 0 Å². The maximum absolute atomic E-state index is 13.0. The Morgan fingerprint density at radius 3 is 2.26 bits per heavy atom. The van der Waals surface area contributed by atoms with Crippen LogP contribution in [-0.4, -0.2) is 23.7 Å². The molecule has 1 heterocycles.